The van der Waals surface area contributed by atoms with Crippen molar-refractivity contribution in [3.8, 4) is 0 Å². The molecular weight excluding hydrogens is 312 g/mol. The molecule has 0 bridgehead atoms. The van der Waals surface area contributed by atoms with Gasteiger partial charge in [0.1, 0.15) is 5.60 Å². The fourth-order valence-electron chi connectivity index (χ4n) is 2.67. The Labute approximate surface area is 141 Å². The zero-order valence-electron chi connectivity index (χ0n) is 14.6. The minimum absolute atomic E-state index is 0.127. The molecule has 0 spiro atoms. The summed E-state index contributed by atoms with van der Waals surface area (Å²) in [6.07, 6.45) is 2.84. The van der Waals surface area contributed by atoms with E-state index in [9.17, 15) is 14.9 Å². The molecule has 0 aromatic carbocycles. The molecule has 1 saturated heterocycles. The first kappa shape index (κ1) is 18.0. The number of ether oxygens (including phenoxy) is 1. The van der Waals surface area contributed by atoms with Crippen LogP contribution in [0.5, 0.6) is 0 Å². The van der Waals surface area contributed by atoms with Gasteiger partial charge in [-0.15, -0.1) is 0 Å². The topological polar surface area (TPSA) is 88.8 Å². The van der Waals surface area contributed by atoms with Crippen molar-refractivity contribution in [2.45, 2.75) is 45.3 Å². The Morgan fingerprint density at radius 2 is 2.00 bits per heavy atom. The highest BCUT2D eigenvalue weighted by Crippen LogP contribution is 2.23. The molecule has 0 unspecified atom stereocenters. The highest BCUT2D eigenvalue weighted by Gasteiger charge is 2.29. The lowest BCUT2D eigenvalue weighted by Gasteiger charge is -2.37. The molecule has 132 valence electrons. The maximum atomic E-state index is 12.1. The maximum absolute atomic E-state index is 12.1. The van der Waals surface area contributed by atoms with E-state index < -0.39 is 10.5 Å². The van der Waals surface area contributed by atoms with Gasteiger partial charge in [0.05, 0.1) is 5.69 Å². The van der Waals surface area contributed by atoms with E-state index in [1.165, 1.54) is 12.3 Å². The number of amides is 1. The molecule has 0 N–H and O–H groups in total. The molecule has 8 heteroatoms. The summed E-state index contributed by atoms with van der Waals surface area (Å²) in [4.78, 5) is 29.9. The van der Waals surface area contributed by atoms with Crippen LogP contribution in [0.4, 0.5) is 16.3 Å². The second kappa shape index (κ2) is 7.02. The monoisotopic (exact) mass is 336 g/mol. The smallest absolute Gasteiger partial charge is 0.410 e. The second-order valence-electron chi connectivity index (χ2n) is 6.94. The highest BCUT2D eigenvalue weighted by atomic mass is 16.6. The molecule has 8 nitrogen and oxygen atoms in total. The zero-order chi connectivity index (χ0) is 17.9. The Morgan fingerprint density at radius 3 is 2.46 bits per heavy atom. The quantitative estimate of drug-likeness (QED) is 0.623. The molecule has 0 aliphatic carbocycles. The van der Waals surface area contributed by atoms with Crippen molar-refractivity contribution in [1.82, 2.24) is 9.88 Å². The molecule has 1 amide bonds. The van der Waals surface area contributed by atoms with Crippen LogP contribution >= 0.6 is 0 Å². The van der Waals surface area contributed by atoms with Crippen molar-refractivity contribution in [3.63, 3.8) is 0 Å². The van der Waals surface area contributed by atoms with Gasteiger partial charge in [-0.2, -0.15) is 0 Å². The molecule has 2 rings (SSSR count). The van der Waals surface area contributed by atoms with Gasteiger partial charge >= 0.3 is 11.9 Å². The Morgan fingerprint density at radius 1 is 1.38 bits per heavy atom. The van der Waals surface area contributed by atoms with Crippen LogP contribution in [0, 0.1) is 10.1 Å². The second-order valence-corrected chi connectivity index (χ2v) is 6.94. The molecule has 1 aliphatic rings. The number of rotatable bonds is 3. The summed E-state index contributed by atoms with van der Waals surface area (Å²) in [5.74, 6) is -0.154. The lowest BCUT2D eigenvalue weighted by Crippen LogP contribution is -2.47. The first-order valence-electron chi connectivity index (χ1n) is 7.98. The number of hydrogen-bond acceptors (Lipinski definition) is 6. The van der Waals surface area contributed by atoms with Crippen molar-refractivity contribution in [3.05, 3.63) is 28.4 Å². The number of pyridine rings is 1. The maximum Gasteiger partial charge on any atom is 0.410 e. The minimum atomic E-state index is -0.508. The van der Waals surface area contributed by atoms with Crippen LogP contribution in [0.1, 0.15) is 33.6 Å². The summed E-state index contributed by atoms with van der Waals surface area (Å²) >= 11 is 0. The van der Waals surface area contributed by atoms with E-state index >= 15 is 0 Å². The van der Waals surface area contributed by atoms with Gasteiger partial charge in [0, 0.05) is 32.2 Å². The summed E-state index contributed by atoms with van der Waals surface area (Å²) in [6, 6.07) is 3.25. The molecule has 1 aromatic rings. The van der Waals surface area contributed by atoms with Gasteiger partial charge in [-0.05, 0) is 49.6 Å². The van der Waals surface area contributed by atoms with Gasteiger partial charge in [0.15, 0.2) is 6.20 Å². The summed E-state index contributed by atoms with van der Waals surface area (Å²) in [5, 5.41) is 10.6. The Hall–Kier alpha value is -2.38. The summed E-state index contributed by atoms with van der Waals surface area (Å²) in [6.45, 7) is 7.07. The number of aromatic nitrogens is 1. The molecule has 1 aliphatic heterocycles. The van der Waals surface area contributed by atoms with E-state index in [1.807, 2.05) is 20.8 Å². The Kier molecular flexibility index (Phi) is 5.26. The van der Waals surface area contributed by atoms with Crippen LogP contribution in [0.3, 0.4) is 0 Å². The Balaban J connectivity index is 1.91. The van der Waals surface area contributed by atoms with Crippen LogP contribution in [0.15, 0.2) is 18.3 Å². The first-order valence-corrected chi connectivity index (χ1v) is 7.98. The van der Waals surface area contributed by atoms with Crippen molar-refractivity contribution in [2.24, 2.45) is 0 Å². The largest absolute Gasteiger partial charge is 0.444 e. The van der Waals surface area contributed by atoms with Gasteiger partial charge in [-0.3, -0.25) is 0 Å². The average molecular weight is 336 g/mol. The lowest BCUT2D eigenvalue weighted by atomic mass is 10.0. The van der Waals surface area contributed by atoms with Gasteiger partial charge in [-0.1, -0.05) is 0 Å². The third-order valence-corrected chi connectivity index (χ3v) is 3.98. The van der Waals surface area contributed by atoms with E-state index in [1.54, 1.807) is 18.0 Å². The van der Waals surface area contributed by atoms with Crippen molar-refractivity contribution in [2.75, 3.05) is 25.0 Å². The first-order chi connectivity index (χ1) is 11.2. The molecular formula is C16H24N4O4. The summed E-state index contributed by atoms with van der Waals surface area (Å²) < 4.78 is 5.40. The lowest BCUT2D eigenvalue weighted by molar-refractivity contribution is -0.389. The number of piperidine rings is 1. The number of hydrogen-bond donors (Lipinski definition) is 0. The molecule has 2 heterocycles. The predicted molar refractivity (Wildman–Crippen MR) is 90.1 cm³/mol. The van der Waals surface area contributed by atoms with Crippen LogP contribution in [0.2, 0.25) is 0 Å². The number of anilines is 1. The van der Waals surface area contributed by atoms with Crippen LogP contribution < -0.4 is 4.90 Å². The molecule has 24 heavy (non-hydrogen) atoms. The Bertz CT molecular complexity index is 589. The number of carbonyl (C=O) groups excluding carboxylic acids is 1. The van der Waals surface area contributed by atoms with E-state index in [0.29, 0.717) is 0 Å². The third kappa shape index (κ3) is 4.56. The van der Waals surface area contributed by atoms with Crippen LogP contribution in [0.25, 0.3) is 0 Å². The molecule has 1 fully saturated rings. The van der Waals surface area contributed by atoms with E-state index in [0.717, 1.165) is 31.6 Å². The molecule has 0 atom stereocenters. The van der Waals surface area contributed by atoms with E-state index in [4.69, 9.17) is 4.74 Å². The fraction of sp³-hybridized carbons (Fsp3) is 0.625. The van der Waals surface area contributed by atoms with E-state index in [2.05, 4.69) is 9.88 Å². The van der Waals surface area contributed by atoms with Gasteiger partial charge in [0.25, 0.3) is 0 Å². The molecule has 0 radical (unpaired) electrons. The minimum Gasteiger partial charge on any atom is -0.444 e. The number of carbonyl (C=O) groups is 1. The van der Waals surface area contributed by atoms with Crippen LogP contribution in [-0.2, 0) is 4.74 Å². The number of nitrogens with zero attached hydrogens (tertiary/aromatic N) is 4. The average Bonchev–Trinajstić information content (AvgIpc) is 2.53. The van der Waals surface area contributed by atoms with Crippen LogP contribution in [-0.4, -0.2) is 52.7 Å². The fourth-order valence-corrected chi connectivity index (χ4v) is 2.67. The van der Waals surface area contributed by atoms with Crippen molar-refractivity contribution in [1.29, 1.82) is 0 Å². The normalized spacial score (nSPS) is 15.9. The number of nitro groups is 1. The van der Waals surface area contributed by atoms with Gasteiger partial charge < -0.3 is 24.7 Å². The van der Waals surface area contributed by atoms with E-state index in [-0.39, 0.29) is 18.0 Å². The highest BCUT2D eigenvalue weighted by molar-refractivity contribution is 5.68. The SMILES string of the molecule is CN(C(=O)OC(C)(C)C)C1CCN(c2ccc([N+](=O)[O-])nc2)CC1. The third-order valence-electron chi connectivity index (χ3n) is 3.98. The van der Waals surface area contributed by atoms with Crippen molar-refractivity contribution >= 4 is 17.6 Å². The van der Waals surface area contributed by atoms with Crippen molar-refractivity contribution < 1.29 is 14.5 Å². The van der Waals surface area contributed by atoms with Gasteiger partial charge in [0.2, 0.25) is 0 Å². The molecule has 1 aromatic heterocycles. The predicted octanol–water partition coefficient (Wildman–Crippen LogP) is 2.83. The zero-order valence-corrected chi connectivity index (χ0v) is 14.6. The standard InChI is InChI=1S/C16H24N4O4/c1-16(2,3)24-15(21)18(4)12-7-9-19(10-8-12)13-5-6-14(17-11-13)20(22)23/h5-6,11-12H,7-10H2,1-4H3. The summed E-state index contributed by atoms with van der Waals surface area (Å²) in [7, 11) is 1.77. The van der Waals surface area contributed by atoms with Gasteiger partial charge in [-0.25, -0.2) is 4.79 Å². The summed E-state index contributed by atoms with van der Waals surface area (Å²) in [5.41, 5.74) is 0.357. The molecule has 0 saturated carbocycles.